The van der Waals surface area contributed by atoms with Gasteiger partial charge < -0.3 is 15.4 Å². The van der Waals surface area contributed by atoms with Crippen LogP contribution in [0, 0.1) is 0 Å². The van der Waals surface area contributed by atoms with Crippen molar-refractivity contribution in [2.45, 2.75) is 31.9 Å². The molecule has 0 aliphatic carbocycles. The number of nitrogens with zero attached hydrogens (tertiary/aromatic N) is 1. The minimum atomic E-state index is -0.117. The van der Waals surface area contributed by atoms with Crippen LogP contribution >= 0.6 is 0 Å². The van der Waals surface area contributed by atoms with Crippen molar-refractivity contribution in [1.29, 1.82) is 0 Å². The van der Waals surface area contributed by atoms with Crippen LogP contribution in [0.3, 0.4) is 0 Å². The molecule has 24 heavy (non-hydrogen) atoms. The van der Waals surface area contributed by atoms with E-state index < -0.39 is 0 Å². The summed E-state index contributed by atoms with van der Waals surface area (Å²) in [6, 6.07) is 12.1. The van der Waals surface area contributed by atoms with Crippen LogP contribution in [0.25, 0.3) is 0 Å². The number of amides is 1. The topological polar surface area (TPSA) is 63.2 Å². The first-order valence-electron chi connectivity index (χ1n) is 8.39. The van der Waals surface area contributed by atoms with Crippen LogP contribution in [0.15, 0.2) is 48.8 Å². The van der Waals surface area contributed by atoms with E-state index in [0.717, 1.165) is 25.1 Å². The van der Waals surface area contributed by atoms with Gasteiger partial charge in [0.05, 0.1) is 17.4 Å². The number of carbonyl (C=O) groups excluding carboxylic acids is 1. The lowest BCUT2D eigenvalue weighted by atomic mass is 10.1. The van der Waals surface area contributed by atoms with Crippen LogP contribution in [-0.4, -0.2) is 30.1 Å². The molecule has 2 heterocycles. The van der Waals surface area contributed by atoms with Gasteiger partial charge in [0, 0.05) is 31.6 Å². The molecule has 1 fully saturated rings. The van der Waals surface area contributed by atoms with E-state index in [0.29, 0.717) is 12.1 Å². The van der Waals surface area contributed by atoms with E-state index in [1.165, 1.54) is 5.56 Å². The van der Waals surface area contributed by atoms with Crippen LogP contribution < -0.4 is 10.6 Å². The second kappa shape index (κ2) is 7.93. The Morgan fingerprint density at radius 2 is 2.17 bits per heavy atom. The largest absolute Gasteiger partial charge is 0.377 e. The number of anilines is 1. The summed E-state index contributed by atoms with van der Waals surface area (Å²) in [7, 11) is 0. The lowest BCUT2D eigenvalue weighted by Crippen LogP contribution is -2.31. The summed E-state index contributed by atoms with van der Waals surface area (Å²) in [5.74, 6) is -0.117. The van der Waals surface area contributed by atoms with E-state index >= 15 is 0 Å². The molecule has 0 spiro atoms. The molecule has 1 aliphatic heterocycles. The number of aromatic nitrogens is 1. The predicted molar refractivity (Wildman–Crippen MR) is 94.0 cm³/mol. The fourth-order valence-corrected chi connectivity index (χ4v) is 2.83. The highest BCUT2D eigenvalue weighted by atomic mass is 16.5. The number of pyridine rings is 1. The zero-order chi connectivity index (χ0) is 16.8. The van der Waals surface area contributed by atoms with Gasteiger partial charge in [-0.25, -0.2) is 0 Å². The molecule has 1 aromatic carbocycles. The van der Waals surface area contributed by atoms with Crippen molar-refractivity contribution in [3.8, 4) is 0 Å². The highest BCUT2D eigenvalue weighted by Gasteiger charge is 2.17. The van der Waals surface area contributed by atoms with E-state index in [9.17, 15) is 4.79 Å². The summed E-state index contributed by atoms with van der Waals surface area (Å²) in [5.41, 5.74) is 2.57. The molecular formula is C19H23N3O2. The molecule has 5 heteroatoms. The van der Waals surface area contributed by atoms with E-state index in [-0.39, 0.29) is 18.1 Å². The molecule has 0 saturated carbocycles. The van der Waals surface area contributed by atoms with Crippen LogP contribution in [0.5, 0.6) is 0 Å². The first-order valence-corrected chi connectivity index (χ1v) is 8.39. The van der Waals surface area contributed by atoms with Gasteiger partial charge in [0.2, 0.25) is 0 Å². The fraction of sp³-hybridized carbons (Fsp3) is 0.368. The third kappa shape index (κ3) is 4.32. The highest BCUT2D eigenvalue weighted by Crippen LogP contribution is 2.19. The third-order valence-electron chi connectivity index (χ3n) is 4.20. The van der Waals surface area contributed by atoms with Gasteiger partial charge in [-0.15, -0.1) is 0 Å². The van der Waals surface area contributed by atoms with E-state index in [4.69, 9.17) is 4.74 Å². The molecule has 3 rings (SSSR count). The van der Waals surface area contributed by atoms with E-state index in [1.54, 1.807) is 12.4 Å². The van der Waals surface area contributed by atoms with Crippen molar-refractivity contribution in [3.05, 3.63) is 59.9 Å². The third-order valence-corrected chi connectivity index (χ3v) is 4.20. The SMILES string of the molecule is CC(Nc1cncc(C(=O)NCC2CCCO2)c1)c1ccccc1. The highest BCUT2D eigenvalue weighted by molar-refractivity contribution is 5.94. The van der Waals surface area contributed by atoms with E-state index in [2.05, 4.69) is 34.7 Å². The summed E-state index contributed by atoms with van der Waals surface area (Å²) < 4.78 is 5.52. The van der Waals surface area contributed by atoms with Crippen molar-refractivity contribution in [2.24, 2.45) is 0 Å². The average Bonchev–Trinajstić information content (AvgIpc) is 3.14. The van der Waals surface area contributed by atoms with Gasteiger partial charge in [-0.2, -0.15) is 0 Å². The Hall–Kier alpha value is -2.40. The standard InChI is InChI=1S/C19H23N3O2/c1-14(15-6-3-2-4-7-15)22-17-10-16(11-20-12-17)19(23)21-13-18-8-5-9-24-18/h2-4,6-7,10-12,14,18,22H,5,8-9,13H2,1H3,(H,21,23). The van der Waals surface area contributed by atoms with Gasteiger partial charge in [-0.3, -0.25) is 9.78 Å². The molecule has 2 aromatic rings. The van der Waals surface area contributed by atoms with Crippen LogP contribution in [-0.2, 0) is 4.74 Å². The minimum absolute atomic E-state index is 0.117. The van der Waals surface area contributed by atoms with Crippen molar-refractivity contribution in [2.75, 3.05) is 18.5 Å². The Morgan fingerprint density at radius 1 is 1.33 bits per heavy atom. The molecule has 2 atom stereocenters. The van der Waals surface area contributed by atoms with Crippen LogP contribution in [0.2, 0.25) is 0 Å². The monoisotopic (exact) mass is 325 g/mol. The summed E-state index contributed by atoms with van der Waals surface area (Å²) in [6.45, 7) is 3.43. The lowest BCUT2D eigenvalue weighted by Gasteiger charge is -2.16. The lowest BCUT2D eigenvalue weighted by molar-refractivity contribution is 0.0857. The summed E-state index contributed by atoms with van der Waals surface area (Å²) in [6.07, 6.45) is 5.54. The Kier molecular flexibility index (Phi) is 5.43. The quantitative estimate of drug-likeness (QED) is 0.856. The maximum absolute atomic E-state index is 12.3. The molecule has 0 radical (unpaired) electrons. The Bertz CT molecular complexity index is 669. The molecule has 1 saturated heterocycles. The summed E-state index contributed by atoms with van der Waals surface area (Å²) >= 11 is 0. The fourth-order valence-electron chi connectivity index (χ4n) is 2.83. The average molecular weight is 325 g/mol. The van der Waals surface area contributed by atoms with Gasteiger partial charge in [0.1, 0.15) is 0 Å². The van der Waals surface area contributed by atoms with Gasteiger partial charge in [0.15, 0.2) is 0 Å². The molecule has 1 amide bonds. The first kappa shape index (κ1) is 16.5. The van der Waals surface area contributed by atoms with Crippen LogP contribution in [0.4, 0.5) is 5.69 Å². The Morgan fingerprint density at radius 3 is 2.92 bits per heavy atom. The summed E-state index contributed by atoms with van der Waals surface area (Å²) in [5, 5.41) is 6.30. The maximum atomic E-state index is 12.3. The molecule has 2 N–H and O–H groups in total. The Labute approximate surface area is 142 Å². The van der Waals surface area contributed by atoms with Crippen molar-refractivity contribution >= 4 is 11.6 Å². The molecule has 126 valence electrons. The molecule has 1 aromatic heterocycles. The van der Waals surface area contributed by atoms with Gasteiger partial charge in [-0.1, -0.05) is 30.3 Å². The number of rotatable bonds is 6. The van der Waals surface area contributed by atoms with Crippen LogP contribution in [0.1, 0.15) is 41.7 Å². The molecule has 5 nitrogen and oxygen atoms in total. The number of hydrogen-bond donors (Lipinski definition) is 2. The normalized spacial score (nSPS) is 18.1. The zero-order valence-electron chi connectivity index (χ0n) is 13.9. The molecule has 0 bridgehead atoms. The predicted octanol–water partition coefficient (Wildman–Crippen LogP) is 3.16. The zero-order valence-corrected chi connectivity index (χ0v) is 13.9. The summed E-state index contributed by atoms with van der Waals surface area (Å²) in [4.78, 5) is 16.5. The second-order valence-corrected chi connectivity index (χ2v) is 6.08. The molecular weight excluding hydrogens is 302 g/mol. The minimum Gasteiger partial charge on any atom is -0.377 e. The van der Waals surface area contributed by atoms with Crippen molar-refractivity contribution in [1.82, 2.24) is 10.3 Å². The number of ether oxygens (including phenoxy) is 1. The number of carbonyl (C=O) groups is 1. The van der Waals surface area contributed by atoms with E-state index in [1.807, 2.05) is 24.3 Å². The molecule has 2 unspecified atom stereocenters. The number of benzene rings is 1. The second-order valence-electron chi connectivity index (χ2n) is 6.08. The van der Waals surface area contributed by atoms with Gasteiger partial charge in [-0.05, 0) is 31.4 Å². The maximum Gasteiger partial charge on any atom is 0.253 e. The number of nitrogens with one attached hydrogen (secondary N) is 2. The number of hydrogen-bond acceptors (Lipinski definition) is 4. The van der Waals surface area contributed by atoms with Gasteiger partial charge >= 0.3 is 0 Å². The van der Waals surface area contributed by atoms with Gasteiger partial charge in [0.25, 0.3) is 5.91 Å². The van der Waals surface area contributed by atoms with Crippen molar-refractivity contribution in [3.63, 3.8) is 0 Å². The van der Waals surface area contributed by atoms with Crippen molar-refractivity contribution < 1.29 is 9.53 Å². The molecule has 1 aliphatic rings. The smallest absolute Gasteiger partial charge is 0.253 e. The Balaban J connectivity index is 1.59. The first-order chi connectivity index (χ1) is 11.7.